The molecule has 0 spiro atoms. The number of aliphatic imine (C=N–C) groups is 1. The SMILES string of the molecule is Cc1ccc(CC2=NC3CC(C(=O)O)CCC3O2)cc1. The summed E-state index contributed by atoms with van der Waals surface area (Å²) in [5, 5.41) is 9.10. The number of fused-ring (bicyclic) bond motifs is 1. The number of hydrogen-bond acceptors (Lipinski definition) is 3. The minimum Gasteiger partial charge on any atom is -0.481 e. The van der Waals surface area contributed by atoms with Crippen LogP contribution in [0.5, 0.6) is 0 Å². The number of carboxylic acid groups (broad SMARTS) is 1. The van der Waals surface area contributed by atoms with Crippen molar-refractivity contribution in [2.24, 2.45) is 10.9 Å². The highest BCUT2D eigenvalue weighted by Crippen LogP contribution is 2.33. The van der Waals surface area contributed by atoms with Gasteiger partial charge in [0.1, 0.15) is 6.10 Å². The van der Waals surface area contributed by atoms with Crippen LogP contribution in [-0.2, 0) is 16.0 Å². The maximum Gasteiger partial charge on any atom is 0.306 e. The Morgan fingerprint density at radius 1 is 1.35 bits per heavy atom. The number of ether oxygens (including phenoxy) is 1. The van der Waals surface area contributed by atoms with E-state index in [-0.39, 0.29) is 18.1 Å². The molecule has 106 valence electrons. The second kappa shape index (κ2) is 5.27. The second-order valence-electron chi connectivity index (χ2n) is 5.76. The third-order valence-electron chi connectivity index (χ3n) is 4.18. The van der Waals surface area contributed by atoms with Crippen molar-refractivity contribution in [2.75, 3.05) is 0 Å². The van der Waals surface area contributed by atoms with E-state index in [2.05, 4.69) is 36.2 Å². The van der Waals surface area contributed by atoms with Crippen molar-refractivity contribution in [1.29, 1.82) is 0 Å². The largest absolute Gasteiger partial charge is 0.481 e. The molecule has 3 unspecified atom stereocenters. The van der Waals surface area contributed by atoms with Gasteiger partial charge in [0, 0.05) is 6.42 Å². The minimum absolute atomic E-state index is 0.0327. The monoisotopic (exact) mass is 273 g/mol. The van der Waals surface area contributed by atoms with Crippen LogP contribution in [0.2, 0.25) is 0 Å². The molecular weight excluding hydrogens is 254 g/mol. The molecule has 1 aromatic carbocycles. The summed E-state index contributed by atoms with van der Waals surface area (Å²) in [7, 11) is 0. The van der Waals surface area contributed by atoms with Gasteiger partial charge in [-0.3, -0.25) is 4.79 Å². The van der Waals surface area contributed by atoms with Crippen LogP contribution >= 0.6 is 0 Å². The van der Waals surface area contributed by atoms with Crippen LogP contribution in [0.15, 0.2) is 29.3 Å². The number of aryl methyl sites for hydroxylation is 1. The third-order valence-corrected chi connectivity index (χ3v) is 4.18. The van der Waals surface area contributed by atoms with Gasteiger partial charge < -0.3 is 9.84 Å². The minimum atomic E-state index is -0.703. The molecule has 0 saturated heterocycles. The molecule has 0 bridgehead atoms. The molecule has 1 aliphatic carbocycles. The first-order valence-electron chi connectivity index (χ1n) is 7.13. The van der Waals surface area contributed by atoms with Crippen molar-refractivity contribution in [2.45, 2.75) is 44.8 Å². The highest BCUT2D eigenvalue weighted by Gasteiger charge is 2.39. The molecule has 1 aromatic rings. The molecule has 0 aromatic heterocycles. The van der Waals surface area contributed by atoms with Crippen LogP contribution in [0, 0.1) is 12.8 Å². The van der Waals surface area contributed by atoms with E-state index in [0.717, 1.165) is 12.3 Å². The van der Waals surface area contributed by atoms with E-state index in [1.807, 2.05) is 0 Å². The molecule has 0 amide bonds. The Hall–Kier alpha value is -1.84. The van der Waals surface area contributed by atoms with E-state index in [1.54, 1.807) is 0 Å². The third kappa shape index (κ3) is 2.69. The summed E-state index contributed by atoms with van der Waals surface area (Å²) in [5.41, 5.74) is 2.42. The maximum atomic E-state index is 11.1. The summed E-state index contributed by atoms with van der Waals surface area (Å²) in [6, 6.07) is 8.37. The Bertz CT molecular complexity index is 535. The first-order valence-corrected chi connectivity index (χ1v) is 7.13. The van der Waals surface area contributed by atoms with Gasteiger partial charge in [-0.2, -0.15) is 0 Å². The van der Waals surface area contributed by atoms with Crippen molar-refractivity contribution in [3.8, 4) is 0 Å². The number of benzene rings is 1. The zero-order valence-corrected chi connectivity index (χ0v) is 11.6. The molecule has 3 rings (SSSR count). The Morgan fingerprint density at radius 2 is 2.10 bits per heavy atom. The number of carbonyl (C=O) groups is 1. The fourth-order valence-corrected chi connectivity index (χ4v) is 2.97. The van der Waals surface area contributed by atoms with Crippen LogP contribution in [0.25, 0.3) is 0 Å². The van der Waals surface area contributed by atoms with E-state index < -0.39 is 5.97 Å². The average Bonchev–Trinajstić information content (AvgIpc) is 2.82. The smallest absolute Gasteiger partial charge is 0.306 e. The molecule has 1 heterocycles. The zero-order valence-electron chi connectivity index (χ0n) is 11.6. The van der Waals surface area contributed by atoms with Gasteiger partial charge in [0.05, 0.1) is 12.0 Å². The zero-order chi connectivity index (χ0) is 14.1. The molecule has 0 radical (unpaired) electrons. The van der Waals surface area contributed by atoms with Crippen molar-refractivity contribution < 1.29 is 14.6 Å². The number of rotatable bonds is 3. The highest BCUT2D eigenvalue weighted by molar-refractivity contribution is 5.81. The van der Waals surface area contributed by atoms with Gasteiger partial charge >= 0.3 is 5.97 Å². The number of carboxylic acids is 1. The predicted molar refractivity (Wildman–Crippen MR) is 76.0 cm³/mol. The lowest BCUT2D eigenvalue weighted by Crippen LogP contribution is -2.33. The van der Waals surface area contributed by atoms with E-state index in [9.17, 15) is 4.79 Å². The van der Waals surface area contributed by atoms with Crippen LogP contribution in [0.4, 0.5) is 0 Å². The fourth-order valence-electron chi connectivity index (χ4n) is 2.97. The summed E-state index contributed by atoms with van der Waals surface area (Å²) in [6.45, 7) is 2.06. The lowest BCUT2D eigenvalue weighted by molar-refractivity contribution is -0.143. The predicted octanol–water partition coefficient (Wildman–Crippen LogP) is 2.59. The van der Waals surface area contributed by atoms with E-state index in [4.69, 9.17) is 9.84 Å². The summed E-state index contributed by atoms with van der Waals surface area (Å²) >= 11 is 0. The topological polar surface area (TPSA) is 58.9 Å². The summed E-state index contributed by atoms with van der Waals surface area (Å²) < 4.78 is 5.88. The quantitative estimate of drug-likeness (QED) is 0.920. The molecule has 4 heteroatoms. The van der Waals surface area contributed by atoms with Crippen LogP contribution < -0.4 is 0 Å². The van der Waals surface area contributed by atoms with Crippen LogP contribution in [0.3, 0.4) is 0 Å². The van der Waals surface area contributed by atoms with Crippen LogP contribution in [0.1, 0.15) is 30.4 Å². The van der Waals surface area contributed by atoms with E-state index >= 15 is 0 Å². The summed E-state index contributed by atoms with van der Waals surface area (Å²) in [4.78, 5) is 15.6. The maximum absolute atomic E-state index is 11.1. The standard InChI is InChI=1S/C16H19NO3/c1-10-2-4-11(5-3-10)8-15-17-13-9-12(16(18)19)6-7-14(13)20-15/h2-5,12-14H,6-9H2,1H3,(H,18,19). The van der Waals surface area contributed by atoms with Gasteiger partial charge in [0.25, 0.3) is 0 Å². The second-order valence-corrected chi connectivity index (χ2v) is 5.76. The van der Waals surface area contributed by atoms with Crippen molar-refractivity contribution in [1.82, 2.24) is 0 Å². The Balaban J connectivity index is 1.66. The van der Waals surface area contributed by atoms with Gasteiger partial charge in [0.2, 0.25) is 0 Å². The fraction of sp³-hybridized carbons (Fsp3) is 0.500. The van der Waals surface area contributed by atoms with Crippen molar-refractivity contribution >= 4 is 11.9 Å². The van der Waals surface area contributed by atoms with E-state index in [0.29, 0.717) is 19.3 Å². The first-order chi connectivity index (χ1) is 9.61. The van der Waals surface area contributed by atoms with Crippen molar-refractivity contribution in [3.63, 3.8) is 0 Å². The molecule has 20 heavy (non-hydrogen) atoms. The molecule has 1 fully saturated rings. The summed E-state index contributed by atoms with van der Waals surface area (Å²) in [5.74, 6) is -0.206. The normalized spacial score (nSPS) is 28.4. The Morgan fingerprint density at radius 3 is 2.80 bits per heavy atom. The molecule has 1 aliphatic heterocycles. The van der Waals surface area contributed by atoms with Gasteiger partial charge in [-0.05, 0) is 31.7 Å². The molecule has 2 aliphatic rings. The van der Waals surface area contributed by atoms with Crippen molar-refractivity contribution in [3.05, 3.63) is 35.4 Å². The number of aliphatic carboxylic acids is 1. The van der Waals surface area contributed by atoms with E-state index in [1.165, 1.54) is 11.1 Å². The number of nitrogens with zero attached hydrogens (tertiary/aromatic N) is 1. The van der Waals surface area contributed by atoms with Gasteiger partial charge in [-0.25, -0.2) is 4.99 Å². The number of hydrogen-bond donors (Lipinski definition) is 1. The summed E-state index contributed by atoms with van der Waals surface area (Å²) in [6.07, 6.45) is 2.89. The first kappa shape index (κ1) is 13.2. The lowest BCUT2D eigenvalue weighted by atomic mass is 9.84. The van der Waals surface area contributed by atoms with Crippen LogP contribution in [-0.4, -0.2) is 29.1 Å². The molecular formula is C16H19NO3. The molecule has 1 saturated carbocycles. The lowest BCUT2D eigenvalue weighted by Gasteiger charge is -2.26. The average molecular weight is 273 g/mol. The Kier molecular flexibility index (Phi) is 3.47. The highest BCUT2D eigenvalue weighted by atomic mass is 16.5. The molecule has 3 atom stereocenters. The van der Waals surface area contributed by atoms with Gasteiger partial charge in [-0.1, -0.05) is 29.8 Å². The molecule has 4 nitrogen and oxygen atoms in total. The van der Waals surface area contributed by atoms with Gasteiger partial charge in [0.15, 0.2) is 5.90 Å². The molecule has 1 N–H and O–H groups in total. The Labute approximate surface area is 118 Å². The van der Waals surface area contributed by atoms with Gasteiger partial charge in [-0.15, -0.1) is 0 Å².